The fourth-order valence-corrected chi connectivity index (χ4v) is 2.47. The summed E-state index contributed by atoms with van der Waals surface area (Å²) in [5.74, 6) is -0.375. The number of nitrogens with two attached hydrogens (primary N) is 1. The number of aliphatic hydroxyl groups excluding tert-OH is 2. The summed E-state index contributed by atoms with van der Waals surface area (Å²) in [6.07, 6.45) is -1.25. The van der Waals surface area contributed by atoms with Crippen molar-refractivity contribution in [3.05, 3.63) is 12.7 Å². The van der Waals surface area contributed by atoms with Crippen molar-refractivity contribution < 1.29 is 24.5 Å². The third kappa shape index (κ3) is 2.26. The molecule has 4 atom stereocenters. The van der Waals surface area contributed by atoms with Crippen LogP contribution in [0.25, 0.3) is 11.2 Å². The van der Waals surface area contributed by atoms with Gasteiger partial charge in [-0.3, -0.25) is 9.36 Å². The molecule has 3 heterocycles. The van der Waals surface area contributed by atoms with Crippen molar-refractivity contribution in [2.24, 2.45) is 0 Å². The molecule has 1 saturated heterocycles. The molecule has 0 spiro atoms. The molecular formula is C12H15N5O5. The van der Waals surface area contributed by atoms with Gasteiger partial charge in [0, 0.05) is 6.92 Å². The first-order chi connectivity index (χ1) is 10.5. The fourth-order valence-electron chi connectivity index (χ4n) is 2.47. The van der Waals surface area contributed by atoms with Crippen LogP contribution in [-0.4, -0.2) is 60.6 Å². The first-order valence-electron chi connectivity index (χ1n) is 6.57. The highest BCUT2D eigenvalue weighted by atomic mass is 16.6. The zero-order chi connectivity index (χ0) is 15.9. The zero-order valence-electron chi connectivity index (χ0n) is 11.7. The Morgan fingerprint density at radius 3 is 2.95 bits per heavy atom. The smallest absolute Gasteiger partial charge is 0.303 e. The Morgan fingerprint density at radius 2 is 2.27 bits per heavy atom. The minimum Gasteiger partial charge on any atom is -0.455 e. The highest BCUT2D eigenvalue weighted by molar-refractivity contribution is 5.81. The summed E-state index contributed by atoms with van der Waals surface area (Å²) < 4.78 is 12.2. The lowest BCUT2D eigenvalue weighted by molar-refractivity contribution is -0.155. The number of esters is 1. The number of anilines is 1. The average molecular weight is 309 g/mol. The second kappa shape index (κ2) is 5.48. The maximum Gasteiger partial charge on any atom is 0.303 e. The van der Waals surface area contributed by atoms with E-state index in [0.29, 0.717) is 11.2 Å². The van der Waals surface area contributed by atoms with Crippen LogP contribution in [0, 0.1) is 0 Å². The molecule has 1 unspecified atom stereocenters. The van der Waals surface area contributed by atoms with Gasteiger partial charge in [-0.05, 0) is 0 Å². The Bertz CT molecular complexity index is 704. The van der Waals surface area contributed by atoms with Gasteiger partial charge in [-0.25, -0.2) is 15.0 Å². The van der Waals surface area contributed by atoms with Crippen molar-refractivity contribution in [1.29, 1.82) is 0 Å². The molecule has 0 amide bonds. The first kappa shape index (κ1) is 14.6. The van der Waals surface area contributed by atoms with Gasteiger partial charge < -0.3 is 25.4 Å². The number of fused-ring (bicyclic) bond motifs is 1. The van der Waals surface area contributed by atoms with Crippen LogP contribution in [-0.2, 0) is 14.3 Å². The van der Waals surface area contributed by atoms with Gasteiger partial charge in [0.2, 0.25) is 0 Å². The molecule has 2 aromatic rings. The monoisotopic (exact) mass is 309 g/mol. The van der Waals surface area contributed by atoms with E-state index in [9.17, 15) is 15.0 Å². The quantitative estimate of drug-likeness (QED) is 0.582. The lowest BCUT2D eigenvalue weighted by Crippen LogP contribution is -2.36. The Balaban J connectivity index is 2.03. The number of hydrogen-bond donors (Lipinski definition) is 3. The van der Waals surface area contributed by atoms with Gasteiger partial charge in [-0.15, -0.1) is 0 Å². The number of carbonyl (C=O) groups is 1. The van der Waals surface area contributed by atoms with Crippen LogP contribution < -0.4 is 5.73 Å². The maximum absolute atomic E-state index is 11.3. The van der Waals surface area contributed by atoms with E-state index >= 15 is 0 Å². The van der Waals surface area contributed by atoms with Crippen molar-refractivity contribution in [3.63, 3.8) is 0 Å². The van der Waals surface area contributed by atoms with Crippen LogP contribution in [0.1, 0.15) is 13.2 Å². The summed E-state index contributed by atoms with van der Waals surface area (Å²) in [5, 5.41) is 19.4. The minimum absolute atomic E-state index is 0.199. The molecule has 10 heteroatoms. The molecule has 118 valence electrons. The van der Waals surface area contributed by atoms with E-state index in [1.54, 1.807) is 0 Å². The van der Waals surface area contributed by atoms with Crippen molar-refractivity contribution in [3.8, 4) is 0 Å². The van der Waals surface area contributed by atoms with Crippen LogP contribution in [0.2, 0.25) is 0 Å². The second-order valence-electron chi connectivity index (χ2n) is 4.90. The molecule has 0 aromatic carbocycles. The Labute approximate surface area is 124 Å². The molecule has 3 rings (SSSR count). The topological polar surface area (TPSA) is 146 Å². The number of aliphatic hydroxyl groups is 2. The number of imidazole rings is 1. The standard InChI is InChI=1S/C12H15N5O5/c1-5(19)21-9-8(20)6(2-18)22-12(9)17-4-16-7-10(13)14-3-15-11(7)17/h3-4,6,8-9,12,18,20H,2H2,1H3,(H2,13,14,15)/t6-,8+,9?,12-/m1/s1. The second-order valence-corrected chi connectivity index (χ2v) is 4.90. The molecule has 1 fully saturated rings. The largest absolute Gasteiger partial charge is 0.455 e. The molecule has 4 N–H and O–H groups in total. The van der Waals surface area contributed by atoms with Gasteiger partial charge in [0.15, 0.2) is 23.8 Å². The van der Waals surface area contributed by atoms with Gasteiger partial charge in [0.25, 0.3) is 0 Å². The number of nitrogens with zero attached hydrogens (tertiary/aromatic N) is 4. The molecule has 1 aliphatic rings. The van der Waals surface area contributed by atoms with E-state index < -0.39 is 37.1 Å². The number of aromatic nitrogens is 4. The van der Waals surface area contributed by atoms with Crippen molar-refractivity contribution in [2.75, 3.05) is 12.3 Å². The average Bonchev–Trinajstić information content (AvgIpc) is 3.02. The van der Waals surface area contributed by atoms with Gasteiger partial charge in [0.1, 0.15) is 24.1 Å². The highest BCUT2D eigenvalue weighted by Gasteiger charge is 2.47. The van der Waals surface area contributed by atoms with Crippen LogP contribution >= 0.6 is 0 Å². The van der Waals surface area contributed by atoms with E-state index in [2.05, 4.69) is 15.0 Å². The molecule has 0 radical (unpaired) electrons. The fraction of sp³-hybridized carbons (Fsp3) is 0.500. The normalized spacial score (nSPS) is 28.1. The summed E-state index contributed by atoms with van der Waals surface area (Å²) in [4.78, 5) is 23.3. The molecule has 0 saturated carbocycles. The lowest BCUT2D eigenvalue weighted by Gasteiger charge is -2.21. The Hall–Kier alpha value is -2.30. The predicted molar refractivity (Wildman–Crippen MR) is 72.3 cm³/mol. The summed E-state index contributed by atoms with van der Waals surface area (Å²) in [6.45, 7) is 0.807. The van der Waals surface area contributed by atoms with Crippen molar-refractivity contribution in [1.82, 2.24) is 19.5 Å². The predicted octanol–water partition coefficient (Wildman–Crippen LogP) is -1.41. The van der Waals surface area contributed by atoms with Crippen molar-refractivity contribution >= 4 is 23.0 Å². The van der Waals surface area contributed by atoms with Gasteiger partial charge in [0.05, 0.1) is 12.9 Å². The number of ether oxygens (including phenoxy) is 2. The van der Waals surface area contributed by atoms with E-state index in [1.807, 2.05) is 0 Å². The SMILES string of the molecule is CC(=O)OC1[C@@H](O)[C@@H](CO)O[C@H]1n1cnc2c(N)ncnc21. The van der Waals surface area contributed by atoms with Crippen LogP contribution in [0.5, 0.6) is 0 Å². The first-order valence-corrected chi connectivity index (χ1v) is 6.57. The lowest BCUT2D eigenvalue weighted by atomic mass is 10.1. The summed E-state index contributed by atoms with van der Waals surface area (Å²) >= 11 is 0. The van der Waals surface area contributed by atoms with E-state index in [0.717, 1.165) is 0 Å². The number of carbonyl (C=O) groups excluding carboxylic acids is 1. The maximum atomic E-state index is 11.3. The number of nitrogen functional groups attached to an aromatic ring is 1. The molecule has 0 aliphatic carbocycles. The zero-order valence-corrected chi connectivity index (χ0v) is 11.7. The summed E-state index contributed by atoms with van der Waals surface area (Å²) in [7, 11) is 0. The number of hydrogen-bond acceptors (Lipinski definition) is 9. The van der Waals surface area contributed by atoms with Crippen LogP contribution in [0.15, 0.2) is 12.7 Å². The Kier molecular flexibility index (Phi) is 3.64. The molecule has 1 aliphatic heterocycles. The minimum atomic E-state index is -1.17. The third-order valence-electron chi connectivity index (χ3n) is 3.46. The number of rotatable bonds is 3. The molecule has 2 aromatic heterocycles. The Morgan fingerprint density at radius 1 is 1.50 bits per heavy atom. The molecule has 0 bridgehead atoms. The molecule has 10 nitrogen and oxygen atoms in total. The molecular weight excluding hydrogens is 294 g/mol. The highest BCUT2D eigenvalue weighted by Crippen LogP contribution is 2.33. The van der Waals surface area contributed by atoms with Crippen molar-refractivity contribution in [2.45, 2.75) is 31.5 Å². The van der Waals surface area contributed by atoms with E-state index in [1.165, 1.54) is 24.1 Å². The van der Waals surface area contributed by atoms with Gasteiger partial charge in [-0.1, -0.05) is 0 Å². The van der Waals surface area contributed by atoms with Gasteiger partial charge >= 0.3 is 5.97 Å². The van der Waals surface area contributed by atoms with E-state index in [-0.39, 0.29) is 5.82 Å². The van der Waals surface area contributed by atoms with Crippen LogP contribution in [0.4, 0.5) is 5.82 Å². The van der Waals surface area contributed by atoms with E-state index in [4.69, 9.17) is 15.2 Å². The van der Waals surface area contributed by atoms with Gasteiger partial charge in [-0.2, -0.15) is 0 Å². The van der Waals surface area contributed by atoms with Crippen LogP contribution in [0.3, 0.4) is 0 Å². The summed E-state index contributed by atoms with van der Waals surface area (Å²) in [5.41, 5.74) is 6.47. The summed E-state index contributed by atoms with van der Waals surface area (Å²) in [6, 6.07) is 0. The molecule has 22 heavy (non-hydrogen) atoms. The third-order valence-corrected chi connectivity index (χ3v) is 3.46.